The number of rotatable bonds is 4. The number of nitrogens with zero attached hydrogens (tertiary/aromatic N) is 2. The number of esters is 1. The molecule has 0 spiro atoms. The lowest BCUT2D eigenvalue weighted by Crippen LogP contribution is -2.46. The molecule has 7 rings (SSSR count). The minimum atomic E-state index is -2.06. The van der Waals surface area contributed by atoms with Crippen LogP contribution in [0.25, 0.3) is 5.76 Å². The van der Waals surface area contributed by atoms with E-state index >= 15 is 0 Å². The van der Waals surface area contributed by atoms with Crippen molar-refractivity contribution >= 4 is 29.2 Å². The minimum Gasteiger partial charge on any atom is -0.507 e. The third kappa shape index (κ3) is 7.86. The number of aromatic hydroxyl groups is 1. The second-order valence-electron chi connectivity index (χ2n) is 16.4. The summed E-state index contributed by atoms with van der Waals surface area (Å²) in [6, 6.07) is 9.39. The molecule has 320 valence electrons. The molecule has 4 heterocycles. The molecule has 60 heavy (non-hydrogen) atoms. The Balaban J connectivity index is 1.52. The van der Waals surface area contributed by atoms with Gasteiger partial charge in [0.15, 0.2) is 11.5 Å². The fraction of sp³-hybridized carbons (Fsp3) is 0.435. The van der Waals surface area contributed by atoms with Crippen molar-refractivity contribution in [3.05, 3.63) is 112 Å². The molecule has 2 aromatic carbocycles. The molecule has 9 atom stereocenters. The summed E-state index contributed by atoms with van der Waals surface area (Å²) in [5.41, 5.74) is 0.101. The monoisotopic (exact) mass is 826 g/mol. The van der Waals surface area contributed by atoms with Gasteiger partial charge < -0.3 is 44.3 Å². The zero-order chi connectivity index (χ0) is 44.0. The Morgan fingerprint density at radius 3 is 2.27 bits per heavy atom. The van der Waals surface area contributed by atoms with E-state index in [0.717, 1.165) is 5.56 Å². The number of allylic oxidation sites excluding steroid dienone is 3. The van der Waals surface area contributed by atoms with Crippen molar-refractivity contribution in [1.29, 1.82) is 0 Å². The van der Waals surface area contributed by atoms with Gasteiger partial charge in [0, 0.05) is 68.5 Å². The van der Waals surface area contributed by atoms with Gasteiger partial charge in [0.05, 0.1) is 53.5 Å². The van der Waals surface area contributed by atoms with Crippen LogP contribution in [0.15, 0.2) is 83.9 Å². The number of hydrogen-bond acceptors (Lipinski definition) is 13. The standard InChI is InChI=1S/C46H54N2O12/c1-23-14-13-15-24(2)45(56)48-22-47(20-30-16-11-10-12-17-30)21-31-36(48)41(54)34-33(40(31)53)35-43(28(6)39(34)52)60-46(8,44(35)55)58-19-18-32(57-9)25(3)42(59-29(7)49)27(5)38(51)26(4)37(23)50/h10-19,21,23,25-27,32,37-38,42,50-52,54H,20,22H2,1-9H3/b14-13?,19-18-,24-15+. The molecule has 0 fully saturated rings. The lowest BCUT2D eigenvalue weighted by Gasteiger charge is -2.39. The van der Waals surface area contributed by atoms with Crippen LogP contribution in [0.4, 0.5) is 0 Å². The maximum absolute atomic E-state index is 14.8. The number of phenols is 1. The van der Waals surface area contributed by atoms with E-state index in [1.165, 1.54) is 51.3 Å². The predicted octanol–water partition coefficient (Wildman–Crippen LogP) is 5.86. The topological polar surface area (TPSA) is 193 Å². The van der Waals surface area contributed by atoms with Crippen molar-refractivity contribution in [3.8, 4) is 11.5 Å². The highest BCUT2D eigenvalue weighted by Gasteiger charge is 2.53. The molecule has 0 radical (unpaired) electrons. The number of carbonyl (C=O) groups excluding carboxylic acids is 4. The van der Waals surface area contributed by atoms with Crippen LogP contribution in [0.5, 0.6) is 11.5 Å². The van der Waals surface area contributed by atoms with E-state index in [1.54, 1.807) is 57.7 Å². The second-order valence-corrected chi connectivity index (χ2v) is 16.4. The predicted molar refractivity (Wildman–Crippen MR) is 220 cm³/mol. The Kier molecular flexibility index (Phi) is 12.5. The van der Waals surface area contributed by atoms with E-state index in [4.69, 9.17) is 18.9 Å². The fourth-order valence-electron chi connectivity index (χ4n) is 8.54. The normalized spacial score (nSPS) is 31.3. The molecule has 0 saturated carbocycles. The van der Waals surface area contributed by atoms with E-state index < -0.39 is 88.8 Å². The molecule has 0 aromatic heterocycles. The number of benzene rings is 2. The number of carbonyl (C=O) groups is 4. The number of hydrogen-bond donors (Lipinski definition) is 4. The van der Waals surface area contributed by atoms with E-state index in [1.807, 2.05) is 30.3 Å². The van der Waals surface area contributed by atoms with E-state index in [0.29, 0.717) is 0 Å². The number of aliphatic hydroxyl groups is 3. The molecule has 0 saturated heterocycles. The fourth-order valence-corrected chi connectivity index (χ4v) is 8.54. The van der Waals surface area contributed by atoms with Crippen LogP contribution in [0.1, 0.15) is 85.9 Å². The summed E-state index contributed by atoms with van der Waals surface area (Å²) < 4.78 is 23.6. The van der Waals surface area contributed by atoms with Crippen molar-refractivity contribution in [2.24, 2.45) is 23.7 Å². The van der Waals surface area contributed by atoms with Gasteiger partial charge >= 0.3 is 11.8 Å². The summed E-state index contributed by atoms with van der Waals surface area (Å²) in [4.78, 5) is 59.1. The van der Waals surface area contributed by atoms with Crippen LogP contribution in [-0.2, 0) is 30.3 Å². The second kappa shape index (κ2) is 17.1. The number of Topliss-reactive ketones (excluding diaryl/α,β-unsaturated/α-hetero) is 2. The SMILES string of the molecule is COC1/C=C\OC2(C)Oc3c(C)c(O)c4c(c3C2=O)C(=O)C2=CN(Cc3ccccc3)CN(C(=O)/C(C)=C/C=CC(C)C(O)C(C)C(O)C(C)C(OC(C)=O)C1C)C2=C4O. The highest BCUT2D eigenvalue weighted by Crippen LogP contribution is 2.52. The first-order chi connectivity index (χ1) is 28.3. The third-order valence-electron chi connectivity index (χ3n) is 12.1. The van der Waals surface area contributed by atoms with Crippen LogP contribution in [0.2, 0.25) is 0 Å². The number of amides is 1. The van der Waals surface area contributed by atoms with Crippen LogP contribution in [-0.4, -0.2) is 97.7 Å². The summed E-state index contributed by atoms with van der Waals surface area (Å²) in [7, 11) is 1.44. The van der Waals surface area contributed by atoms with Crippen molar-refractivity contribution in [2.45, 2.75) is 92.1 Å². The maximum atomic E-state index is 14.8. The Morgan fingerprint density at radius 1 is 0.933 bits per heavy atom. The number of ketones is 2. The molecule has 1 amide bonds. The van der Waals surface area contributed by atoms with Gasteiger partial charge in [-0.3, -0.25) is 24.1 Å². The highest BCUT2D eigenvalue weighted by atomic mass is 16.7. The van der Waals surface area contributed by atoms with Gasteiger partial charge in [-0.25, -0.2) is 0 Å². The average molecular weight is 827 g/mol. The molecule has 1 aliphatic carbocycles. The largest absolute Gasteiger partial charge is 0.507 e. The quantitative estimate of drug-likeness (QED) is 0.268. The van der Waals surface area contributed by atoms with Gasteiger partial charge in [0.25, 0.3) is 11.7 Å². The first-order valence-electron chi connectivity index (χ1n) is 20.0. The Bertz CT molecular complexity index is 2220. The van der Waals surface area contributed by atoms with E-state index in [9.17, 15) is 39.6 Å². The van der Waals surface area contributed by atoms with Gasteiger partial charge in [0.2, 0.25) is 0 Å². The number of aliphatic hydroxyl groups excluding tert-OH is 3. The molecule has 2 aromatic rings. The zero-order valence-electron chi connectivity index (χ0n) is 35.3. The van der Waals surface area contributed by atoms with Crippen molar-refractivity contribution in [2.75, 3.05) is 13.8 Å². The van der Waals surface area contributed by atoms with Gasteiger partial charge in [-0.1, -0.05) is 76.3 Å². The summed E-state index contributed by atoms with van der Waals surface area (Å²) >= 11 is 0. The maximum Gasteiger partial charge on any atom is 0.312 e. The number of fused-ring (bicyclic) bond motifs is 12. The van der Waals surface area contributed by atoms with Crippen LogP contribution in [0, 0.1) is 30.6 Å². The first kappa shape index (κ1) is 43.9. The van der Waals surface area contributed by atoms with Crippen molar-refractivity contribution < 1.29 is 58.6 Å². The zero-order valence-corrected chi connectivity index (χ0v) is 35.3. The number of phenolic OH excluding ortho intramolecular Hbond substituents is 1. The van der Waals surface area contributed by atoms with Gasteiger partial charge in [0.1, 0.15) is 23.3 Å². The van der Waals surface area contributed by atoms with Crippen LogP contribution in [0.3, 0.4) is 0 Å². The molecular weight excluding hydrogens is 773 g/mol. The summed E-state index contributed by atoms with van der Waals surface area (Å²) in [5.74, 6) is -8.41. The first-order valence-corrected chi connectivity index (χ1v) is 20.0. The van der Waals surface area contributed by atoms with Gasteiger partial charge in [-0.15, -0.1) is 0 Å². The molecule has 14 nitrogen and oxygen atoms in total. The lowest BCUT2D eigenvalue weighted by molar-refractivity contribution is -0.160. The highest BCUT2D eigenvalue weighted by molar-refractivity contribution is 6.26. The molecule has 9 unspecified atom stereocenters. The third-order valence-corrected chi connectivity index (χ3v) is 12.1. The molecule has 4 aliphatic heterocycles. The van der Waals surface area contributed by atoms with Crippen molar-refractivity contribution in [1.82, 2.24) is 9.80 Å². The molecule has 14 heteroatoms. The van der Waals surface area contributed by atoms with Gasteiger partial charge in [-0.05, 0) is 25.5 Å². The molecule has 7 bridgehead atoms. The average Bonchev–Trinajstić information content (AvgIpc) is 3.49. The Hall–Kier alpha value is -5.70. The van der Waals surface area contributed by atoms with Gasteiger partial charge in [-0.2, -0.15) is 0 Å². The summed E-state index contributed by atoms with van der Waals surface area (Å²) in [6.07, 6.45) is 5.19. The smallest absolute Gasteiger partial charge is 0.312 e. The summed E-state index contributed by atoms with van der Waals surface area (Å²) in [5, 5.41) is 46.7. The summed E-state index contributed by atoms with van der Waals surface area (Å²) in [6.45, 7) is 12.8. The van der Waals surface area contributed by atoms with E-state index in [2.05, 4.69) is 0 Å². The number of ether oxygens (including phenoxy) is 4. The minimum absolute atomic E-state index is 0.0533. The molecule has 5 aliphatic rings. The van der Waals surface area contributed by atoms with Crippen LogP contribution >= 0.6 is 0 Å². The van der Waals surface area contributed by atoms with Crippen LogP contribution < -0.4 is 4.74 Å². The lowest BCUT2D eigenvalue weighted by atomic mass is 9.78. The molecular formula is C46H54N2O12. The van der Waals surface area contributed by atoms with E-state index in [-0.39, 0.29) is 58.1 Å². The molecule has 4 N–H and O–H groups in total. The number of methoxy groups -OCH3 is 1. The van der Waals surface area contributed by atoms with Crippen molar-refractivity contribution in [3.63, 3.8) is 0 Å². The Morgan fingerprint density at radius 2 is 1.62 bits per heavy atom. The Labute approximate surface area is 349 Å².